The Hall–Kier alpha value is -0.570. The van der Waals surface area contributed by atoms with Gasteiger partial charge in [-0.2, -0.15) is 0 Å². The van der Waals surface area contributed by atoms with E-state index >= 15 is 0 Å². The van der Waals surface area contributed by atoms with E-state index < -0.39 is 5.54 Å². The first-order valence-corrected chi connectivity index (χ1v) is 4.81. The van der Waals surface area contributed by atoms with Crippen LogP contribution < -0.4 is 0 Å². The molecule has 0 radical (unpaired) electrons. The van der Waals surface area contributed by atoms with Crippen LogP contribution in [-0.2, 0) is 9.53 Å². The molecule has 1 saturated carbocycles. The van der Waals surface area contributed by atoms with E-state index in [1.165, 1.54) is 26.4 Å². The summed E-state index contributed by atoms with van der Waals surface area (Å²) in [5, 5.41) is 0. The maximum absolute atomic E-state index is 11.5. The second-order valence-corrected chi connectivity index (χ2v) is 4.25. The zero-order valence-electron chi connectivity index (χ0n) is 8.96. The van der Waals surface area contributed by atoms with Crippen molar-refractivity contribution in [2.24, 2.45) is 0 Å². The van der Waals surface area contributed by atoms with Crippen LogP contribution in [0.15, 0.2) is 0 Å². The van der Waals surface area contributed by atoms with Crippen molar-refractivity contribution in [2.45, 2.75) is 44.7 Å². The number of esters is 1. The van der Waals surface area contributed by atoms with E-state index in [0.717, 1.165) is 0 Å². The lowest BCUT2D eigenvalue weighted by Crippen LogP contribution is -2.54. The first kappa shape index (κ1) is 10.5. The molecule has 0 amide bonds. The summed E-state index contributed by atoms with van der Waals surface area (Å²) in [6.07, 6.45) is 3.69. The van der Waals surface area contributed by atoms with Gasteiger partial charge in [0.1, 0.15) is 5.54 Å². The van der Waals surface area contributed by atoms with Crippen molar-refractivity contribution in [3.8, 4) is 0 Å². The predicted octanol–water partition coefficient (Wildman–Crippen LogP) is 1.42. The third kappa shape index (κ3) is 1.85. The Morgan fingerprint density at radius 3 is 2.31 bits per heavy atom. The maximum Gasteiger partial charge on any atom is 0.325 e. The fraction of sp³-hybridized carbons (Fsp3) is 0.900. The highest BCUT2D eigenvalue weighted by atomic mass is 16.5. The van der Waals surface area contributed by atoms with Gasteiger partial charge in [-0.1, -0.05) is 6.42 Å². The zero-order chi connectivity index (χ0) is 10.1. The maximum atomic E-state index is 11.5. The molecule has 0 aliphatic heterocycles. The summed E-state index contributed by atoms with van der Waals surface area (Å²) in [5.74, 6) is -0.151. The number of methoxy groups -OCH3 is 1. The van der Waals surface area contributed by atoms with Crippen molar-refractivity contribution in [2.75, 3.05) is 14.2 Å². The third-order valence-electron chi connectivity index (χ3n) is 3.19. The van der Waals surface area contributed by atoms with E-state index in [9.17, 15) is 4.79 Å². The second kappa shape index (κ2) is 3.66. The molecular weight excluding hydrogens is 166 g/mol. The van der Waals surface area contributed by atoms with E-state index in [1.807, 2.05) is 20.9 Å². The Labute approximate surface area is 80.1 Å². The first-order valence-electron chi connectivity index (χ1n) is 4.81. The number of hydrogen-bond acceptors (Lipinski definition) is 3. The Balaban J connectivity index is 2.60. The molecule has 0 aromatic carbocycles. The number of ether oxygens (including phenoxy) is 1. The van der Waals surface area contributed by atoms with Crippen molar-refractivity contribution < 1.29 is 9.53 Å². The molecule has 0 unspecified atom stereocenters. The highest BCUT2D eigenvalue weighted by molar-refractivity contribution is 5.79. The minimum Gasteiger partial charge on any atom is -0.468 e. The van der Waals surface area contributed by atoms with Crippen LogP contribution in [0.4, 0.5) is 0 Å². The molecular formula is C10H19NO2. The molecule has 13 heavy (non-hydrogen) atoms. The van der Waals surface area contributed by atoms with Gasteiger partial charge in [0.15, 0.2) is 0 Å². The van der Waals surface area contributed by atoms with Crippen molar-refractivity contribution in [3.05, 3.63) is 0 Å². The summed E-state index contributed by atoms with van der Waals surface area (Å²) >= 11 is 0. The molecule has 0 atom stereocenters. The summed E-state index contributed by atoms with van der Waals surface area (Å²) in [7, 11) is 3.44. The number of likely N-dealkylation sites (N-methyl/N-ethyl adjacent to an activating group) is 1. The average Bonchev–Trinajstić information content (AvgIpc) is 1.99. The van der Waals surface area contributed by atoms with Crippen molar-refractivity contribution in [3.63, 3.8) is 0 Å². The van der Waals surface area contributed by atoms with Gasteiger partial charge in [0.2, 0.25) is 0 Å². The fourth-order valence-electron chi connectivity index (χ4n) is 1.62. The van der Waals surface area contributed by atoms with Crippen LogP contribution in [0.2, 0.25) is 0 Å². The fourth-order valence-corrected chi connectivity index (χ4v) is 1.62. The molecule has 1 aliphatic carbocycles. The van der Waals surface area contributed by atoms with Gasteiger partial charge >= 0.3 is 5.97 Å². The number of rotatable bonds is 3. The van der Waals surface area contributed by atoms with Crippen molar-refractivity contribution in [1.82, 2.24) is 4.90 Å². The first-order chi connectivity index (χ1) is 6.00. The van der Waals surface area contributed by atoms with Crippen LogP contribution in [0.25, 0.3) is 0 Å². The minimum atomic E-state index is -0.486. The summed E-state index contributed by atoms with van der Waals surface area (Å²) in [6.45, 7) is 3.83. The van der Waals surface area contributed by atoms with Crippen LogP contribution in [0.3, 0.4) is 0 Å². The molecule has 0 saturated heterocycles. The van der Waals surface area contributed by atoms with Crippen LogP contribution >= 0.6 is 0 Å². The summed E-state index contributed by atoms with van der Waals surface area (Å²) < 4.78 is 4.77. The van der Waals surface area contributed by atoms with Gasteiger partial charge in [0.05, 0.1) is 7.11 Å². The van der Waals surface area contributed by atoms with E-state index in [0.29, 0.717) is 6.04 Å². The second-order valence-electron chi connectivity index (χ2n) is 4.25. The molecule has 1 aliphatic rings. The number of nitrogens with zero attached hydrogens (tertiary/aromatic N) is 1. The van der Waals surface area contributed by atoms with Gasteiger partial charge in [-0.15, -0.1) is 0 Å². The van der Waals surface area contributed by atoms with Gasteiger partial charge in [0.25, 0.3) is 0 Å². The lowest BCUT2D eigenvalue weighted by molar-refractivity contribution is -0.154. The number of hydrogen-bond donors (Lipinski definition) is 0. The van der Waals surface area contributed by atoms with Gasteiger partial charge in [-0.25, -0.2) is 0 Å². The predicted molar refractivity (Wildman–Crippen MR) is 51.5 cm³/mol. The molecule has 0 aromatic rings. The normalized spacial score (nSPS) is 18.5. The van der Waals surface area contributed by atoms with Crippen molar-refractivity contribution >= 4 is 5.97 Å². The molecule has 76 valence electrons. The molecule has 0 bridgehead atoms. The lowest BCUT2D eigenvalue weighted by Gasteiger charge is -2.43. The van der Waals surface area contributed by atoms with Crippen LogP contribution in [0.5, 0.6) is 0 Å². The van der Waals surface area contributed by atoms with Gasteiger partial charge < -0.3 is 4.74 Å². The molecule has 0 heterocycles. The quantitative estimate of drug-likeness (QED) is 0.623. The average molecular weight is 185 g/mol. The molecule has 1 fully saturated rings. The van der Waals surface area contributed by atoms with E-state index in [1.54, 1.807) is 0 Å². The van der Waals surface area contributed by atoms with Crippen LogP contribution in [0, 0.1) is 0 Å². The standard InChI is InChI=1S/C10H19NO2/c1-10(2,9(12)13-4)11(3)8-6-5-7-8/h8H,5-7H2,1-4H3. The number of carbonyl (C=O) groups excluding carboxylic acids is 1. The van der Waals surface area contributed by atoms with Gasteiger partial charge in [0, 0.05) is 6.04 Å². The molecule has 3 heteroatoms. The molecule has 0 spiro atoms. The minimum absolute atomic E-state index is 0.151. The van der Waals surface area contributed by atoms with Crippen LogP contribution in [0.1, 0.15) is 33.1 Å². The highest BCUT2D eigenvalue weighted by Gasteiger charge is 2.38. The topological polar surface area (TPSA) is 29.5 Å². The Bertz CT molecular complexity index is 197. The third-order valence-corrected chi connectivity index (χ3v) is 3.19. The van der Waals surface area contributed by atoms with E-state index in [-0.39, 0.29) is 5.97 Å². The van der Waals surface area contributed by atoms with Gasteiger partial charge in [-0.05, 0) is 33.7 Å². The Morgan fingerprint density at radius 1 is 1.46 bits per heavy atom. The van der Waals surface area contributed by atoms with Crippen molar-refractivity contribution in [1.29, 1.82) is 0 Å². The summed E-state index contributed by atoms with van der Waals surface area (Å²) in [4.78, 5) is 13.6. The van der Waals surface area contributed by atoms with Gasteiger partial charge in [-0.3, -0.25) is 9.69 Å². The smallest absolute Gasteiger partial charge is 0.325 e. The van der Waals surface area contributed by atoms with E-state index in [2.05, 4.69) is 4.90 Å². The van der Waals surface area contributed by atoms with E-state index in [4.69, 9.17) is 4.74 Å². The zero-order valence-corrected chi connectivity index (χ0v) is 8.96. The van der Waals surface area contributed by atoms with Crippen LogP contribution in [-0.4, -0.2) is 36.6 Å². The molecule has 0 aromatic heterocycles. The SMILES string of the molecule is COC(=O)C(C)(C)N(C)C1CCC1. The summed E-state index contributed by atoms with van der Waals surface area (Å²) in [5.41, 5.74) is -0.486. The lowest BCUT2D eigenvalue weighted by atomic mass is 9.88. The number of carbonyl (C=O) groups is 1. The molecule has 1 rings (SSSR count). The molecule has 0 N–H and O–H groups in total. The monoisotopic (exact) mass is 185 g/mol. The highest BCUT2D eigenvalue weighted by Crippen LogP contribution is 2.29. The summed E-state index contributed by atoms with van der Waals surface area (Å²) in [6, 6.07) is 0.564. The Kier molecular flexibility index (Phi) is 2.96. The molecule has 3 nitrogen and oxygen atoms in total. The Morgan fingerprint density at radius 2 is 2.00 bits per heavy atom. The largest absolute Gasteiger partial charge is 0.468 e.